The largest absolute Gasteiger partial charge is 0.501 e. The first kappa shape index (κ1) is 14.8. The minimum Gasteiger partial charge on any atom is -0.377 e. The second-order valence-electron chi connectivity index (χ2n) is 3.72. The van der Waals surface area contributed by atoms with Crippen molar-refractivity contribution in [3.8, 4) is 0 Å². The quantitative estimate of drug-likeness (QED) is 0.940. The average molecular weight is 322 g/mol. The van der Waals surface area contributed by atoms with Crippen LogP contribution in [0.15, 0.2) is 40.7 Å². The summed E-state index contributed by atoms with van der Waals surface area (Å²) in [5, 5.41) is 5.02. The fraction of sp³-hybridized carbons (Fsp3) is 0.182. The molecule has 0 aliphatic carbocycles. The molecular formula is C11H9F3N2O2S2. The van der Waals surface area contributed by atoms with Crippen LogP contribution >= 0.6 is 11.3 Å². The molecule has 0 spiro atoms. The Bertz CT molecular complexity index is 682. The predicted molar refractivity (Wildman–Crippen MR) is 69.1 cm³/mol. The Labute approximate surface area is 117 Å². The third-order valence-corrected chi connectivity index (χ3v) is 4.72. The highest BCUT2D eigenvalue weighted by atomic mass is 32.2. The maximum absolute atomic E-state index is 12.6. The van der Waals surface area contributed by atoms with Crippen molar-refractivity contribution in [1.29, 1.82) is 0 Å². The molecule has 4 nitrogen and oxygen atoms in total. The van der Waals surface area contributed by atoms with Crippen molar-refractivity contribution in [1.82, 2.24) is 4.98 Å². The van der Waals surface area contributed by atoms with Gasteiger partial charge in [-0.3, -0.25) is 0 Å². The molecule has 1 aromatic carbocycles. The lowest BCUT2D eigenvalue weighted by molar-refractivity contribution is -0.0435. The maximum atomic E-state index is 12.6. The minimum absolute atomic E-state index is 0.0972. The van der Waals surface area contributed by atoms with E-state index in [1.807, 2.05) is 0 Å². The number of hydrogen-bond acceptors (Lipinski definition) is 5. The minimum atomic E-state index is -5.38. The van der Waals surface area contributed by atoms with E-state index in [4.69, 9.17) is 0 Å². The van der Waals surface area contributed by atoms with E-state index in [1.165, 1.54) is 29.5 Å². The van der Waals surface area contributed by atoms with Crippen LogP contribution in [-0.4, -0.2) is 18.9 Å². The van der Waals surface area contributed by atoms with Gasteiger partial charge in [0.2, 0.25) is 0 Å². The summed E-state index contributed by atoms with van der Waals surface area (Å²) in [6.07, 6.45) is 1.56. The number of nitrogens with one attached hydrogen (secondary N) is 1. The van der Waals surface area contributed by atoms with Gasteiger partial charge in [-0.1, -0.05) is 12.1 Å². The number of nitrogens with zero attached hydrogens (tertiary/aromatic N) is 1. The van der Waals surface area contributed by atoms with E-state index in [0.717, 1.165) is 6.07 Å². The highest BCUT2D eigenvalue weighted by Gasteiger charge is 2.47. The van der Waals surface area contributed by atoms with Crippen LogP contribution in [0.3, 0.4) is 0 Å². The Morgan fingerprint density at radius 3 is 2.55 bits per heavy atom. The fourth-order valence-electron chi connectivity index (χ4n) is 1.48. The van der Waals surface area contributed by atoms with Crippen molar-refractivity contribution in [3.05, 3.63) is 40.8 Å². The molecule has 0 amide bonds. The summed E-state index contributed by atoms with van der Waals surface area (Å²) < 4.78 is 60.7. The first-order chi connectivity index (χ1) is 9.32. The molecule has 2 aromatic rings. The van der Waals surface area contributed by atoms with Gasteiger partial charge in [0, 0.05) is 11.6 Å². The molecule has 0 saturated heterocycles. The van der Waals surface area contributed by atoms with Gasteiger partial charge in [-0.2, -0.15) is 13.2 Å². The van der Waals surface area contributed by atoms with Crippen molar-refractivity contribution in [3.63, 3.8) is 0 Å². The number of hydrogen-bond donors (Lipinski definition) is 1. The standard InChI is InChI=1S/C11H9F3N2O2S2/c12-11(13,14)20(17,18)9-4-2-1-3-8(9)16-7-10-15-5-6-19-10/h1-6,16H,7H2. The van der Waals surface area contributed by atoms with Gasteiger partial charge in [-0.15, -0.1) is 11.3 Å². The zero-order chi connectivity index (χ0) is 14.8. The van der Waals surface area contributed by atoms with Crippen molar-refractivity contribution >= 4 is 26.9 Å². The topological polar surface area (TPSA) is 59.1 Å². The summed E-state index contributed by atoms with van der Waals surface area (Å²) in [6, 6.07) is 4.91. The van der Waals surface area contributed by atoms with Gasteiger partial charge in [0.05, 0.1) is 17.1 Å². The van der Waals surface area contributed by atoms with Crippen LogP contribution in [0.25, 0.3) is 0 Å². The van der Waals surface area contributed by atoms with Crippen LogP contribution in [0.1, 0.15) is 5.01 Å². The molecule has 108 valence electrons. The summed E-state index contributed by atoms with van der Waals surface area (Å²) in [4.78, 5) is 3.17. The second-order valence-corrected chi connectivity index (χ2v) is 6.61. The van der Waals surface area contributed by atoms with E-state index in [-0.39, 0.29) is 12.2 Å². The van der Waals surface area contributed by atoms with Crippen molar-refractivity contribution in [2.24, 2.45) is 0 Å². The first-order valence-corrected chi connectivity index (χ1v) is 7.71. The SMILES string of the molecule is O=S(=O)(c1ccccc1NCc1nccs1)C(F)(F)F. The molecule has 2 rings (SSSR count). The van der Waals surface area contributed by atoms with Gasteiger partial charge in [-0.25, -0.2) is 13.4 Å². The molecule has 0 fully saturated rings. The van der Waals surface area contributed by atoms with Gasteiger partial charge in [0.25, 0.3) is 9.84 Å². The highest BCUT2D eigenvalue weighted by molar-refractivity contribution is 7.92. The molecular weight excluding hydrogens is 313 g/mol. The molecule has 0 atom stereocenters. The van der Waals surface area contributed by atoms with E-state index in [1.54, 1.807) is 11.6 Å². The first-order valence-electron chi connectivity index (χ1n) is 5.35. The van der Waals surface area contributed by atoms with Crippen LogP contribution in [0, 0.1) is 0 Å². The normalized spacial score (nSPS) is 12.3. The second kappa shape index (κ2) is 5.41. The number of benzene rings is 1. The van der Waals surface area contributed by atoms with E-state index < -0.39 is 20.2 Å². The Morgan fingerprint density at radius 1 is 1.25 bits per heavy atom. The molecule has 1 aromatic heterocycles. The zero-order valence-corrected chi connectivity index (χ0v) is 11.5. The van der Waals surface area contributed by atoms with Crippen LogP contribution in [-0.2, 0) is 16.4 Å². The molecule has 1 heterocycles. The summed E-state index contributed by atoms with van der Waals surface area (Å²) >= 11 is 1.32. The van der Waals surface area contributed by atoms with Crippen LogP contribution < -0.4 is 5.32 Å². The zero-order valence-electron chi connectivity index (χ0n) is 9.89. The summed E-state index contributed by atoms with van der Waals surface area (Å²) in [5.74, 6) is 0. The van der Waals surface area contributed by atoms with Crippen LogP contribution in [0.2, 0.25) is 0 Å². The molecule has 0 aliphatic rings. The Kier molecular flexibility index (Phi) is 4.00. The molecule has 0 bridgehead atoms. The number of thiazole rings is 1. The van der Waals surface area contributed by atoms with E-state index in [0.29, 0.717) is 5.01 Å². The van der Waals surface area contributed by atoms with Crippen LogP contribution in [0.5, 0.6) is 0 Å². The van der Waals surface area contributed by atoms with Gasteiger partial charge in [0.1, 0.15) is 5.01 Å². The number of halogens is 3. The number of aromatic nitrogens is 1. The Balaban J connectivity index is 2.32. The molecule has 20 heavy (non-hydrogen) atoms. The van der Waals surface area contributed by atoms with E-state index in [9.17, 15) is 21.6 Å². The van der Waals surface area contributed by atoms with Crippen molar-refractivity contribution in [2.75, 3.05) is 5.32 Å². The van der Waals surface area contributed by atoms with Gasteiger partial charge >= 0.3 is 5.51 Å². The third-order valence-electron chi connectivity index (χ3n) is 2.39. The van der Waals surface area contributed by atoms with Gasteiger partial charge < -0.3 is 5.32 Å². The number of rotatable bonds is 4. The molecule has 0 unspecified atom stereocenters. The number of sulfone groups is 1. The Morgan fingerprint density at radius 2 is 1.95 bits per heavy atom. The van der Waals surface area contributed by atoms with Crippen LogP contribution in [0.4, 0.5) is 18.9 Å². The average Bonchev–Trinajstić information content (AvgIpc) is 2.88. The Hall–Kier alpha value is -1.61. The fourth-order valence-corrected chi connectivity index (χ4v) is 2.98. The van der Waals surface area contributed by atoms with E-state index >= 15 is 0 Å². The number of anilines is 1. The van der Waals surface area contributed by atoms with E-state index in [2.05, 4.69) is 10.3 Å². The summed E-state index contributed by atoms with van der Waals surface area (Å²) in [5.41, 5.74) is -5.42. The molecule has 0 radical (unpaired) electrons. The van der Waals surface area contributed by atoms with Crippen molar-refractivity contribution in [2.45, 2.75) is 16.9 Å². The lowest BCUT2D eigenvalue weighted by Crippen LogP contribution is -2.24. The van der Waals surface area contributed by atoms with Crippen molar-refractivity contribution < 1.29 is 21.6 Å². The highest BCUT2D eigenvalue weighted by Crippen LogP contribution is 2.34. The lowest BCUT2D eigenvalue weighted by Gasteiger charge is -2.13. The van der Waals surface area contributed by atoms with Gasteiger partial charge in [-0.05, 0) is 12.1 Å². The third kappa shape index (κ3) is 2.93. The summed E-state index contributed by atoms with van der Waals surface area (Å²) in [6.45, 7) is 0.155. The summed E-state index contributed by atoms with van der Waals surface area (Å²) in [7, 11) is -5.38. The lowest BCUT2D eigenvalue weighted by atomic mass is 10.3. The monoisotopic (exact) mass is 322 g/mol. The van der Waals surface area contributed by atoms with Gasteiger partial charge in [0.15, 0.2) is 0 Å². The molecule has 1 N–H and O–H groups in total. The number of alkyl halides is 3. The maximum Gasteiger partial charge on any atom is 0.501 e. The predicted octanol–water partition coefficient (Wildman–Crippen LogP) is 3.05. The molecule has 0 saturated carbocycles. The molecule has 9 heteroatoms. The molecule has 0 aliphatic heterocycles. The smallest absolute Gasteiger partial charge is 0.377 e. The number of para-hydroxylation sites is 1.